The van der Waals surface area contributed by atoms with Gasteiger partial charge >= 0.3 is 0 Å². The van der Waals surface area contributed by atoms with E-state index >= 15 is 0 Å². The number of hydrogen-bond donors (Lipinski definition) is 2. The zero-order valence-corrected chi connectivity index (χ0v) is 10.6. The first-order valence-corrected chi connectivity index (χ1v) is 6.88. The third-order valence-corrected chi connectivity index (χ3v) is 4.13. The first-order valence-electron chi connectivity index (χ1n) is 6.88. The molecule has 3 heteroatoms. The Morgan fingerprint density at radius 2 is 1.83 bits per heavy atom. The summed E-state index contributed by atoms with van der Waals surface area (Å²) < 4.78 is 0. The summed E-state index contributed by atoms with van der Waals surface area (Å²) in [7, 11) is 0. The third-order valence-electron chi connectivity index (χ3n) is 4.13. The number of hydrogen-bond acceptors (Lipinski definition) is 2. The molecule has 0 unspecified atom stereocenters. The van der Waals surface area contributed by atoms with Crippen LogP contribution in [0.2, 0.25) is 0 Å². The number of carbonyl (C=O) groups is 1. The number of amides is 1. The Kier molecular flexibility index (Phi) is 3.08. The van der Waals surface area contributed by atoms with Crippen LogP contribution in [-0.2, 0) is 10.2 Å². The molecule has 0 aromatic heterocycles. The number of nitrogens with one attached hydrogen (secondary N) is 2. The highest BCUT2D eigenvalue weighted by atomic mass is 16.2. The van der Waals surface area contributed by atoms with Crippen LogP contribution in [0.1, 0.15) is 31.2 Å². The molecule has 1 saturated heterocycles. The van der Waals surface area contributed by atoms with E-state index in [0.717, 1.165) is 38.8 Å². The first-order chi connectivity index (χ1) is 8.81. The zero-order chi connectivity index (χ0) is 12.4. The third kappa shape index (κ3) is 2.15. The van der Waals surface area contributed by atoms with Crippen molar-refractivity contribution in [2.45, 2.75) is 37.1 Å². The fraction of sp³-hybridized carbons (Fsp3) is 0.533. The summed E-state index contributed by atoms with van der Waals surface area (Å²) in [5, 5.41) is 6.55. The molecule has 1 aromatic carbocycles. The van der Waals surface area contributed by atoms with Crippen LogP contribution in [0.15, 0.2) is 30.3 Å². The van der Waals surface area contributed by atoms with Crippen molar-refractivity contribution in [3.8, 4) is 0 Å². The van der Waals surface area contributed by atoms with Gasteiger partial charge < -0.3 is 10.6 Å². The fourth-order valence-electron chi connectivity index (χ4n) is 2.81. The molecule has 1 amide bonds. The van der Waals surface area contributed by atoms with E-state index in [-0.39, 0.29) is 11.3 Å². The molecule has 0 bridgehead atoms. The minimum atomic E-state index is -0.310. The summed E-state index contributed by atoms with van der Waals surface area (Å²) in [5.74, 6) is 0.234. The van der Waals surface area contributed by atoms with E-state index in [1.54, 1.807) is 0 Å². The van der Waals surface area contributed by atoms with Gasteiger partial charge in [-0.3, -0.25) is 4.79 Å². The lowest BCUT2D eigenvalue weighted by atomic mass is 9.72. The predicted octanol–water partition coefficient (Wildman–Crippen LogP) is 1.59. The summed E-state index contributed by atoms with van der Waals surface area (Å²) in [6, 6.07) is 10.7. The Hall–Kier alpha value is -1.35. The maximum atomic E-state index is 12.6. The highest BCUT2D eigenvalue weighted by Gasteiger charge is 2.42. The molecule has 0 radical (unpaired) electrons. The monoisotopic (exact) mass is 244 g/mol. The predicted molar refractivity (Wildman–Crippen MR) is 71.4 cm³/mol. The van der Waals surface area contributed by atoms with E-state index in [1.165, 1.54) is 5.56 Å². The highest BCUT2D eigenvalue weighted by molar-refractivity contribution is 5.88. The second kappa shape index (κ2) is 4.73. The number of carbonyl (C=O) groups excluding carboxylic acids is 1. The lowest BCUT2D eigenvalue weighted by molar-refractivity contribution is -0.128. The molecule has 1 heterocycles. The summed E-state index contributed by atoms with van der Waals surface area (Å²) in [6.45, 7) is 1.85. The van der Waals surface area contributed by atoms with Crippen LogP contribution in [-0.4, -0.2) is 25.0 Å². The molecule has 96 valence electrons. The zero-order valence-electron chi connectivity index (χ0n) is 10.6. The van der Waals surface area contributed by atoms with Crippen LogP contribution in [0.25, 0.3) is 0 Å². The van der Waals surface area contributed by atoms with Gasteiger partial charge in [0.1, 0.15) is 0 Å². The molecule has 1 aromatic rings. The van der Waals surface area contributed by atoms with Crippen molar-refractivity contribution in [3.63, 3.8) is 0 Å². The average molecular weight is 244 g/mol. The Labute approximate surface area is 108 Å². The Balaban J connectivity index is 1.89. The van der Waals surface area contributed by atoms with Gasteiger partial charge in [-0.1, -0.05) is 30.3 Å². The minimum absolute atomic E-state index is 0.234. The quantitative estimate of drug-likeness (QED) is 0.847. The summed E-state index contributed by atoms with van der Waals surface area (Å²) in [6.07, 6.45) is 4.09. The van der Waals surface area contributed by atoms with E-state index in [2.05, 4.69) is 22.8 Å². The van der Waals surface area contributed by atoms with E-state index in [4.69, 9.17) is 0 Å². The van der Waals surface area contributed by atoms with Crippen LogP contribution in [0.4, 0.5) is 0 Å². The number of piperidine rings is 1. The smallest absolute Gasteiger partial charge is 0.230 e. The highest BCUT2D eigenvalue weighted by Crippen LogP contribution is 2.35. The molecule has 18 heavy (non-hydrogen) atoms. The molecular weight excluding hydrogens is 224 g/mol. The van der Waals surface area contributed by atoms with Crippen molar-refractivity contribution in [2.75, 3.05) is 13.1 Å². The standard InChI is InChI=1S/C15H20N2O/c18-14(17-13-6-7-13)15(8-10-16-11-9-15)12-4-2-1-3-5-12/h1-5,13,16H,6-11H2,(H,17,18). The molecule has 2 fully saturated rings. The van der Waals surface area contributed by atoms with E-state index in [0.29, 0.717) is 6.04 Å². The van der Waals surface area contributed by atoms with Crippen molar-refractivity contribution in [1.82, 2.24) is 10.6 Å². The molecule has 3 rings (SSSR count). The van der Waals surface area contributed by atoms with Gasteiger partial charge in [-0.15, -0.1) is 0 Å². The lowest BCUT2D eigenvalue weighted by Crippen LogP contribution is -2.51. The van der Waals surface area contributed by atoms with Crippen molar-refractivity contribution in [3.05, 3.63) is 35.9 Å². The van der Waals surface area contributed by atoms with E-state index < -0.39 is 0 Å². The van der Waals surface area contributed by atoms with Gasteiger partial charge in [0.2, 0.25) is 5.91 Å². The van der Waals surface area contributed by atoms with Crippen molar-refractivity contribution in [1.29, 1.82) is 0 Å². The normalized spacial score (nSPS) is 22.4. The summed E-state index contributed by atoms with van der Waals surface area (Å²) in [4.78, 5) is 12.6. The fourth-order valence-corrected chi connectivity index (χ4v) is 2.81. The summed E-state index contributed by atoms with van der Waals surface area (Å²) >= 11 is 0. The SMILES string of the molecule is O=C(NC1CC1)C1(c2ccccc2)CCNCC1. The Bertz CT molecular complexity index is 419. The molecule has 1 aliphatic carbocycles. The van der Waals surface area contributed by atoms with Gasteiger partial charge in [-0.05, 0) is 44.3 Å². The maximum absolute atomic E-state index is 12.6. The van der Waals surface area contributed by atoms with Crippen molar-refractivity contribution >= 4 is 5.91 Å². The largest absolute Gasteiger partial charge is 0.353 e. The van der Waals surface area contributed by atoms with Crippen LogP contribution in [0.5, 0.6) is 0 Å². The second-order valence-electron chi connectivity index (χ2n) is 5.45. The second-order valence-corrected chi connectivity index (χ2v) is 5.45. The van der Waals surface area contributed by atoms with Gasteiger partial charge in [0.15, 0.2) is 0 Å². The Morgan fingerprint density at radius 3 is 2.44 bits per heavy atom. The first kappa shape index (κ1) is 11.7. The topological polar surface area (TPSA) is 41.1 Å². The minimum Gasteiger partial charge on any atom is -0.353 e. The number of rotatable bonds is 3. The molecule has 1 saturated carbocycles. The average Bonchev–Trinajstić information content (AvgIpc) is 3.24. The van der Waals surface area contributed by atoms with Gasteiger partial charge in [0.25, 0.3) is 0 Å². The maximum Gasteiger partial charge on any atom is 0.230 e. The molecule has 0 atom stereocenters. The van der Waals surface area contributed by atoms with Gasteiger partial charge in [0.05, 0.1) is 5.41 Å². The van der Waals surface area contributed by atoms with Gasteiger partial charge in [-0.2, -0.15) is 0 Å². The molecule has 2 N–H and O–H groups in total. The van der Waals surface area contributed by atoms with E-state index in [1.807, 2.05) is 18.2 Å². The van der Waals surface area contributed by atoms with Crippen LogP contribution in [0.3, 0.4) is 0 Å². The van der Waals surface area contributed by atoms with Crippen LogP contribution in [0, 0.1) is 0 Å². The molecule has 1 aliphatic heterocycles. The Morgan fingerprint density at radius 1 is 1.17 bits per heavy atom. The molecule has 0 spiro atoms. The van der Waals surface area contributed by atoms with Crippen LogP contribution >= 0.6 is 0 Å². The van der Waals surface area contributed by atoms with E-state index in [9.17, 15) is 4.79 Å². The van der Waals surface area contributed by atoms with Gasteiger partial charge in [-0.25, -0.2) is 0 Å². The van der Waals surface area contributed by atoms with Gasteiger partial charge in [0, 0.05) is 6.04 Å². The molecule has 2 aliphatic rings. The lowest BCUT2D eigenvalue weighted by Gasteiger charge is -2.36. The van der Waals surface area contributed by atoms with Crippen LogP contribution < -0.4 is 10.6 Å². The molecular formula is C15H20N2O. The number of benzene rings is 1. The molecule has 3 nitrogen and oxygen atoms in total. The van der Waals surface area contributed by atoms with Crippen molar-refractivity contribution < 1.29 is 4.79 Å². The summed E-state index contributed by atoms with van der Waals surface area (Å²) in [5.41, 5.74) is 0.861. The van der Waals surface area contributed by atoms with Crippen molar-refractivity contribution in [2.24, 2.45) is 0 Å².